The molecule has 0 fully saturated rings. The van der Waals surface area contributed by atoms with Crippen molar-refractivity contribution in [3.05, 3.63) is 77.1 Å². The van der Waals surface area contributed by atoms with Gasteiger partial charge in [0.1, 0.15) is 0 Å². The van der Waals surface area contributed by atoms with E-state index >= 15 is 0 Å². The molecule has 0 N–H and O–H groups in total. The first-order valence-corrected chi connectivity index (χ1v) is 15.2. The van der Waals surface area contributed by atoms with Gasteiger partial charge in [0, 0.05) is 57.8 Å². The summed E-state index contributed by atoms with van der Waals surface area (Å²) in [6, 6.07) is 8.25. The molecule has 0 atom stereocenters. The van der Waals surface area contributed by atoms with Gasteiger partial charge in [0.05, 0.1) is 11.4 Å². The van der Waals surface area contributed by atoms with Gasteiger partial charge < -0.3 is 20.4 Å². The van der Waals surface area contributed by atoms with Crippen LogP contribution < -0.4 is 10.2 Å². The molecule has 7 rings (SSSR count). The number of hydrogen-bond donors (Lipinski definition) is 0. The van der Waals surface area contributed by atoms with Gasteiger partial charge in [-0.05, 0) is 84.9 Å². The molecular weight excluding hydrogens is 714 g/mol. The molecule has 0 radical (unpaired) electrons. The van der Waals surface area contributed by atoms with E-state index in [1.54, 1.807) is 0 Å². The Balaban J connectivity index is 0.000000287. The van der Waals surface area contributed by atoms with Crippen molar-refractivity contribution in [2.45, 2.75) is 103 Å². The fourth-order valence-electron chi connectivity index (χ4n) is 6.53. The number of aromatic nitrogens is 7. The molecule has 5 aromatic rings. The van der Waals surface area contributed by atoms with Crippen LogP contribution in [0.15, 0.2) is 49.1 Å². The summed E-state index contributed by atoms with van der Waals surface area (Å²) in [5.74, 6) is 0. The molecule has 7 nitrogen and oxygen atoms in total. The van der Waals surface area contributed by atoms with Gasteiger partial charge in [0.25, 0.3) is 0 Å². The van der Waals surface area contributed by atoms with Crippen molar-refractivity contribution in [2.75, 3.05) is 0 Å². The van der Waals surface area contributed by atoms with Crippen LogP contribution in [0.2, 0.25) is 0 Å². The van der Waals surface area contributed by atoms with E-state index in [2.05, 4.69) is 97.0 Å². The molecule has 0 saturated carbocycles. The summed E-state index contributed by atoms with van der Waals surface area (Å²) in [6.07, 6.45) is 14.0. The zero-order valence-corrected chi connectivity index (χ0v) is 28.6. The molecule has 0 saturated heterocycles. The van der Waals surface area contributed by atoms with Gasteiger partial charge in [-0.25, -0.2) is 0 Å². The van der Waals surface area contributed by atoms with Crippen LogP contribution in [0.5, 0.6) is 0 Å². The molecule has 2 aliphatic carbocycles. The minimum atomic E-state index is 0. The zero-order chi connectivity index (χ0) is 29.7. The van der Waals surface area contributed by atoms with Gasteiger partial charge >= 0.3 is 21.1 Å². The first kappa shape index (κ1) is 31.2. The van der Waals surface area contributed by atoms with Gasteiger partial charge in [-0.2, -0.15) is 0 Å². The quantitative estimate of drug-likeness (QED) is 0.187. The van der Waals surface area contributed by atoms with Crippen LogP contribution in [0, 0.1) is 0 Å². The van der Waals surface area contributed by atoms with Crippen LogP contribution in [0.3, 0.4) is 0 Å². The summed E-state index contributed by atoms with van der Waals surface area (Å²) in [5.41, 5.74) is 10.0. The molecule has 0 spiro atoms. The monoisotopic (exact) mass is 754 g/mol. The predicted octanol–water partition coefficient (Wildman–Crippen LogP) is 7.27. The van der Waals surface area contributed by atoms with Crippen LogP contribution in [0.1, 0.15) is 102 Å². The van der Waals surface area contributed by atoms with Gasteiger partial charge in [-0.1, -0.05) is 59.9 Å². The van der Waals surface area contributed by atoms with Crippen LogP contribution in [-0.4, -0.2) is 25.1 Å². The molecule has 226 valence electrons. The summed E-state index contributed by atoms with van der Waals surface area (Å²) >= 11 is 0. The van der Waals surface area contributed by atoms with Gasteiger partial charge in [-0.15, -0.1) is 0 Å². The van der Waals surface area contributed by atoms with E-state index in [9.17, 15) is 0 Å². The Morgan fingerprint density at radius 1 is 0.744 bits per heavy atom. The molecule has 0 aliphatic heterocycles. The fourth-order valence-corrected chi connectivity index (χ4v) is 6.53. The summed E-state index contributed by atoms with van der Waals surface area (Å²) < 4.78 is 0. The van der Waals surface area contributed by atoms with E-state index in [0.29, 0.717) is 0 Å². The Hall–Kier alpha value is -3.18. The number of rotatable bonds is 2. The van der Waals surface area contributed by atoms with Crippen molar-refractivity contribution in [3.8, 4) is 22.8 Å². The topological polar surface area (TPSA) is 92.7 Å². The second kappa shape index (κ2) is 11.7. The first-order valence-electron chi connectivity index (χ1n) is 15.2. The molecule has 43 heavy (non-hydrogen) atoms. The Morgan fingerprint density at radius 2 is 1.30 bits per heavy atom. The Morgan fingerprint density at radius 3 is 1.88 bits per heavy atom. The van der Waals surface area contributed by atoms with Crippen molar-refractivity contribution in [3.63, 3.8) is 0 Å². The van der Waals surface area contributed by atoms with Crippen molar-refractivity contribution < 1.29 is 21.1 Å². The average molecular weight is 755 g/mol. The standard InChI is InChI=1S/C26H28N6.C9H13N.Pt/c1-25(2)10-5-7-17-20(29-31-23(17)25)19-13-15-14-27-12-9-16(15)21(28-19)22-18-8-6-11-26(3,4)24(18)32-30-22;1-9(2,3)8-4-6-10-7-5-8;/h9,12-14H,5-8,10-11H2,1-4H3;4-7H,1-3H3;/q-2;;+2. The van der Waals surface area contributed by atoms with E-state index in [1.807, 2.05) is 30.9 Å². The minimum absolute atomic E-state index is 0. The van der Waals surface area contributed by atoms with E-state index in [-0.39, 0.29) is 37.3 Å². The number of nitrogens with zero attached hydrogens (tertiary/aromatic N) is 7. The van der Waals surface area contributed by atoms with E-state index in [4.69, 9.17) is 4.98 Å². The molecule has 0 unspecified atom stereocenters. The maximum Gasteiger partial charge on any atom is 2.00 e. The molecule has 5 aromatic heterocycles. The Kier molecular flexibility index (Phi) is 8.52. The summed E-state index contributed by atoms with van der Waals surface area (Å²) in [7, 11) is 0. The molecular formula is C35H41N7Pt. The van der Waals surface area contributed by atoms with E-state index < -0.39 is 0 Å². The summed E-state index contributed by atoms with van der Waals surface area (Å²) in [5, 5.41) is 20.7. The second-order valence-electron chi connectivity index (χ2n) is 14.2. The van der Waals surface area contributed by atoms with Crippen LogP contribution in [0.4, 0.5) is 0 Å². The number of hydrogen-bond acceptors (Lipinski definition) is 5. The second-order valence-corrected chi connectivity index (χ2v) is 14.2. The smallest absolute Gasteiger partial charge is 0.573 e. The SMILES string of the molecule is CC(C)(C)c1ccncc1.CC1(C)CCCc2c1n[n-]c2-c1cc2cnccc2c(-c2[n-]nc3c2CCCC3(C)C)n1.[Pt+2]. The normalized spacial score (nSPS) is 16.8. The van der Waals surface area contributed by atoms with E-state index in [1.165, 1.54) is 16.7 Å². The minimum Gasteiger partial charge on any atom is -0.573 e. The molecule has 0 aromatic carbocycles. The average Bonchev–Trinajstić information content (AvgIpc) is 3.59. The summed E-state index contributed by atoms with van der Waals surface area (Å²) in [6.45, 7) is 15.7. The molecule has 8 heteroatoms. The van der Waals surface area contributed by atoms with Gasteiger partial charge in [-0.3, -0.25) is 15.0 Å². The van der Waals surface area contributed by atoms with Gasteiger partial charge in [0.2, 0.25) is 0 Å². The maximum atomic E-state index is 5.16. The van der Waals surface area contributed by atoms with Crippen molar-refractivity contribution in [2.24, 2.45) is 0 Å². The summed E-state index contributed by atoms with van der Waals surface area (Å²) in [4.78, 5) is 13.5. The van der Waals surface area contributed by atoms with Crippen LogP contribution in [0.25, 0.3) is 33.5 Å². The number of fused-ring (bicyclic) bond motifs is 3. The largest absolute Gasteiger partial charge is 2.00 e. The molecule has 0 bridgehead atoms. The third-order valence-corrected chi connectivity index (χ3v) is 9.03. The Labute approximate surface area is 269 Å². The first-order chi connectivity index (χ1) is 20.0. The van der Waals surface area contributed by atoms with E-state index in [0.717, 1.165) is 83.5 Å². The predicted molar refractivity (Wildman–Crippen MR) is 168 cm³/mol. The van der Waals surface area contributed by atoms with Gasteiger partial charge in [0.15, 0.2) is 0 Å². The maximum absolute atomic E-state index is 5.16. The van der Waals surface area contributed by atoms with Crippen LogP contribution in [-0.2, 0) is 50.2 Å². The van der Waals surface area contributed by atoms with Crippen molar-refractivity contribution in [1.82, 2.24) is 35.3 Å². The third kappa shape index (κ3) is 5.98. The van der Waals surface area contributed by atoms with Crippen LogP contribution >= 0.6 is 0 Å². The van der Waals surface area contributed by atoms with Crippen molar-refractivity contribution in [1.29, 1.82) is 0 Å². The Bertz CT molecular complexity index is 1720. The molecule has 0 amide bonds. The fraction of sp³-hybridized carbons (Fsp3) is 0.457. The molecule has 2 aliphatic rings. The third-order valence-electron chi connectivity index (χ3n) is 9.03. The zero-order valence-electron chi connectivity index (χ0n) is 26.3. The number of pyridine rings is 3. The van der Waals surface area contributed by atoms with Crippen molar-refractivity contribution >= 4 is 10.8 Å². The molecule has 5 heterocycles.